The van der Waals surface area contributed by atoms with Crippen molar-refractivity contribution in [2.45, 2.75) is 89.6 Å². The van der Waals surface area contributed by atoms with Crippen LogP contribution in [0.1, 0.15) is 88.2 Å². The van der Waals surface area contributed by atoms with Crippen LogP contribution < -0.4 is 0 Å². The van der Waals surface area contributed by atoms with Crippen molar-refractivity contribution in [3.63, 3.8) is 0 Å². The van der Waals surface area contributed by atoms with Crippen molar-refractivity contribution in [2.24, 2.45) is 23.2 Å². The number of hydrogen-bond donors (Lipinski definition) is 1. The van der Waals surface area contributed by atoms with Crippen LogP contribution in [0.15, 0.2) is 18.2 Å². The maximum absolute atomic E-state index is 12.8. The summed E-state index contributed by atoms with van der Waals surface area (Å²) in [7, 11) is 0. The molecule has 0 bridgehead atoms. The van der Waals surface area contributed by atoms with Gasteiger partial charge in [-0.05, 0) is 92.4 Å². The lowest BCUT2D eigenvalue weighted by molar-refractivity contribution is -0.163. The number of phenolic OH excluding ortho intramolecular Hbond substituents is 1. The maximum Gasteiger partial charge on any atom is 0.309 e. The fourth-order valence-corrected chi connectivity index (χ4v) is 7.29. The third-order valence-corrected chi connectivity index (χ3v) is 8.82. The topological polar surface area (TPSA) is 46.5 Å². The summed E-state index contributed by atoms with van der Waals surface area (Å²) < 4.78 is 6.22. The van der Waals surface area contributed by atoms with E-state index in [1.165, 1.54) is 49.7 Å². The second-order valence-corrected chi connectivity index (χ2v) is 10.2. The zero-order valence-electron chi connectivity index (χ0n) is 17.2. The second-order valence-electron chi connectivity index (χ2n) is 10.2. The average molecular weight is 383 g/mol. The van der Waals surface area contributed by atoms with Crippen LogP contribution >= 0.6 is 0 Å². The van der Waals surface area contributed by atoms with Crippen LogP contribution in [0.5, 0.6) is 5.75 Å². The van der Waals surface area contributed by atoms with Gasteiger partial charge in [0.1, 0.15) is 11.9 Å². The van der Waals surface area contributed by atoms with Crippen LogP contribution in [0.2, 0.25) is 0 Å². The second kappa shape index (κ2) is 7.07. The molecule has 4 unspecified atom stereocenters. The van der Waals surface area contributed by atoms with E-state index in [4.69, 9.17) is 4.74 Å². The maximum atomic E-state index is 12.8. The fourth-order valence-electron chi connectivity index (χ4n) is 7.29. The predicted molar refractivity (Wildman–Crippen MR) is 109 cm³/mol. The number of fused-ring (bicyclic) bond motifs is 5. The molecule has 0 spiro atoms. The van der Waals surface area contributed by atoms with Crippen LogP contribution in [-0.2, 0) is 16.0 Å². The predicted octanol–water partition coefficient (Wildman–Crippen LogP) is 5.74. The van der Waals surface area contributed by atoms with Crippen molar-refractivity contribution >= 4 is 5.97 Å². The normalized spacial score (nSPS) is 37.6. The summed E-state index contributed by atoms with van der Waals surface area (Å²) in [6, 6.07) is 6.00. The third-order valence-electron chi connectivity index (χ3n) is 8.82. The SMILES string of the molecule is C[C@]12CCC3c4ccc(O)cc4CCC3C1CCC2OC(=O)C1CCCCC1. The first-order valence-corrected chi connectivity index (χ1v) is 11.6. The molecular formula is C25H34O3. The molecule has 0 aromatic heterocycles. The number of phenols is 1. The first-order chi connectivity index (χ1) is 13.6. The molecule has 0 radical (unpaired) electrons. The van der Waals surface area contributed by atoms with Crippen molar-refractivity contribution < 1.29 is 14.6 Å². The molecule has 1 aromatic rings. The van der Waals surface area contributed by atoms with Gasteiger partial charge >= 0.3 is 5.97 Å². The monoisotopic (exact) mass is 382 g/mol. The zero-order chi connectivity index (χ0) is 19.3. The number of ether oxygens (including phenoxy) is 1. The van der Waals surface area contributed by atoms with E-state index in [2.05, 4.69) is 13.0 Å². The molecule has 1 N–H and O–H groups in total. The highest BCUT2D eigenvalue weighted by atomic mass is 16.5. The summed E-state index contributed by atoms with van der Waals surface area (Å²) in [4.78, 5) is 12.8. The molecule has 0 aliphatic heterocycles. The van der Waals surface area contributed by atoms with E-state index in [1.807, 2.05) is 12.1 Å². The number of benzene rings is 1. The Labute approximate surface area is 168 Å². The Bertz CT molecular complexity index is 750. The molecule has 152 valence electrons. The standard InChI is InChI=1S/C25H34O3/c1-25-14-13-20-19-10-8-18(26)15-17(19)7-9-21(20)22(25)11-12-23(25)28-24(27)16-5-3-2-4-6-16/h8,10,15-16,20-23,26H,2-7,9,11-14H2,1H3/t20?,21?,22?,23?,25-/m0/s1. The summed E-state index contributed by atoms with van der Waals surface area (Å²) in [6.07, 6.45) is 12.7. The molecule has 3 fully saturated rings. The van der Waals surface area contributed by atoms with Gasteiger partial charge in [0.2, 0.25) is 0 Å². The van der Waals surface area contributed by atoms with Crippen LogP contribution in [0.3, 0.4) is 0 Å². The molecular weight excluding hydrogens is 348 g/mol. The number of aryl methyl sites for hydroxylation is 1. The Balaban J connectivity index is 1.33. The quantitative estimate of drug-likeness (QED) is 0.663. The molecule has 4 aliphatic carbocycles. The van der Waals surface area contributed by atoms with Crippen LogP contribution in [0.4, 0.5) is 0 Å². The minimum Gasteiger partial charge on any atom is -0.508 e. The Kier molecular flexibility index (Phi) is 4.68. The van der Waals surface area contributed by atoms with Gasteiger partial charge < -0.3 is 9.84 Å². The number of carbonyl (C=O) groups is 1. The van der Waals surface area contributed by atoms with E-state index in [0.717, 1.165) is 32.1 Å². The van der Waals surface area contributed by atoms with Crippen molar-refractivity contribution in [3.05, 3.63) is 29.3 Å². The number of esters is 1. The fraction of sp³-hybridized carbons (Fsp3) is 0.720. The Morgan fingerprint density at radius 3 is 2.71 bits per heavy atom. The lowest BCUT2D eigenvalue weighted by atomic mass is 9.55. The van der Waals surface area contributed by atoms with Gasteiger partial charge in [0.05, 0.1) is 5.92 Å². The zero-order valence-corrected chi connectivity index (χ0v) is 17.2. The number of carbonyl (C=O) groups excluding carboxylic acids is 1. The molecule has 4 aliphatic rings. The van der Waals surface area contributed by atoms with E-state index in [1.54, 1.807) is 0 Å². The van der Waals surface area contributed by atoms with Crippen molar-refractivity contribution in [1.82, 2.24) is 0 Å². The molecule has 28 heavy (non-hydrogen) atoms. The summed E-state index contributed by atoms with van der Waals surface area (Å²) in [6.45, 7) is 2.41. The Morgan fingerprint density at radius 1 is 1.07 bits per heavy atom. The van der Waals surface area contributed by atoms with Crippen molar-refractivity contribution in [3.8, 4) is 5.75 Å². The highest BCUT2D eigenvalue weighted by Crippen LogP contribution is 2.61. The summed E-state index contributed by atoms with van der Waals surface area (Å²) in [5.41, 5.74) is 2.97. The highest BCUT2D eigenvalue weighted by Gasteiger charge is 2.56. The van der Waals surface area contributed by atoms with Crippen molar-refractivity contribution in [2.75, 3.05) is 0 Å². The number of rotatable bonds is 2. The number of hydrogen-bond acceptors (Lipinski definition) is 3. The van der Waals surface area contributed by atoms with Gasteiger partial charge in [-0.2, -0.15) is 0 Å². The lowest BCUT2D eigenvalue weighted by Crippen LogP contribution is -2.45. The van der Waals surface area contributed by atoms with Gasteiger partial charge in [0.15, 0.2) is 0 Å². The molecule has 5 atom stereocenters. The smallest absolute Gasteiger partial charge is 0.309 e. The van der Waals surface area contributed by atoms with E-state index in [-0.39, 0.29) is 23.4 Å². The molecule has 1 aromatic carbocycles. The molecule has 5 rings (SSSR count). The van der Waals surface area contributed by atoms with Crippen LogP contribution in [0, 0.1) is 23.2 Å². The largest absolute Gasteiger partial charge is 0.508 e. The Hall–Kier alpha value is -1.51. The Morgan fingerprint density at radius 2 is 1.89 bits per heavy atom. The van der Waals surface area contributed by atoms with Gasteiger partial charge in [0.25, 0.3) is 0 Å². The minimum absolute atomic E-state index is 0.0955. The summed E-state index contributed by atoms with van der Waals surface area (Å²) in [5, 5.41) is 9.85. The van der Waals surface area contributed by atoms with Gasteiger partial charge in [-0.15, -0.1) is 0 Å². The van der Waals surface area contributed by atoms with E-state index in [0.29, 0.717) is 23.5 Å². The lowest BCUT2D eigenvalue weighted by Gasteiger charge is -2.50. The van der Waals surface area contributed by atoms with E-state index < -0.39 is 0 Å². The highest BCUT2D eigenvalue weighted by molar-refractivity contribution is 5.72. The van der Waals surface area contributed by atoms with Crippen LogP contribution in [-0.4, -0.2) is 17.2 Å². The molecule has 0 heterocycles. The third kappa shape index (κ3) is 2.97. The molecule has 3 nitrogen and oxygen atoms in total. The van der Waals surface area contributed by atoms with Gasteiger partial charge in [-0.1, -0.05) is 32.3 Å². The average Bonchev–Trinajstić information content (AvgIpc) is 3.04. The summed E-state index contributed by atoms with van der Waals surface area (Å²) >= 11 is 0. The minimum atomic E-state index is 0.0955. The molecule has 0 amide bonds. The van der Waals surface area contributed by atoms with Crippen molar-refractivity contribution in [1.29, 1.82) is 0 Å². The van der Waals surface area contributed by atoms with Crippen LogP contribution in [0.25, 0.3) is 0 Å². The molecule has 3 saturated carbocycles. The molecule has 3 heteroatoms. The van der Waals surface area contributed by atoms with Gasteiger partial charge in [-0.3, -0.25) is 4.79 Å². The van der Waals surface area contributed by atoms with E-state index >= 15 is 0 Å². The first-order valence-electron chi connectivity index (χ1n) is 11.6. The summed E-state index contributed by atoms with van der Waals surface area (Å²) in [5.74, 6) is 2.63. The molecule has 0 saturated heterocycles. The van der Waals surface area contributed by atoms with E-state index in [9.17, 15) is 9.90 Å². The van der Waals surface area contributed by atoms with Gasteiger partial charge in [-0.25, -0.2) is 0 Å². The first kappa shape index (κ1) is 18.5. The van der Waals surface area contributed by atoms with Gasteiger partial charge in [0, 0.05) is 5.41 Å². The number of aromatic hydroxyl groups is 1.